The first kappa shape index (κ1) is 17.4. The molecular weight excluding hydrogens is 324 g/mol. The summed E-state index contributed by atoms with van der Waals surface area (Å²) in [6.07, 6.45) is 0.465. The number of likely N-dealkylation sites (tertiary alicyclic amines) is 1. The second-order valence-electron chi connectivity index (χ2n) is 7.09. The number of hydrogen-bond donors (Lipinski definition) is 3. The fourth-order valence-electron chi connectivity index (χ4n) is 3.58. The Balaban J connectivity index is 1.78. The van der Waals surface area contributed by atoms with Crippen molar-refractivity contribution in [1.82, 2.24) is 10.2 Å². The molecule has 0 spiro atoms. The van der Waals surface area contributed by atoms with E-state index in [1.165, 1.54) is 4.90 Å². The van der Waals surface area contributed by atoms with Crippen LogP contribution >= 0.6 is 0 Å². The van der Waals surface area contributed by atoms with E-state index in [4.69, 9.17) is 5.11 Å². The summed E-state index contributed by atoms with van der Waals surface area (Å²) in [6.45, 7) is 2.38. The highest BCUT2D eigenvalue weighted by Crippen LogP contribution is 2.36. The minimum Gasteiger partial charge on any atom is -0.465 e. The summed E-state index contributed by atoms with van der Waals surface area (Å²) in [5, 5.41) is 22.2. The van der Waals surface area contributed by atoms with Crippen LogP contribution in [0.1, 0.15) is 43.7 Å². The van der Waals surface area contributed by atoms with Gasteiger partial charge in [-0.05, 0) is 37.3 Å². The summed E-state index contributed by atoms with van der Waals surface area (Å²) in [4.78, 5) is 35.9. The van der Waals surface area contributed by atoms with Crippen LogP contribution in [-0.4, -0.2) is 46.1 Å². The molecule has 1 atom stereocenters. The number of aliphatic hydroxyl groups is 1. The van der Waals surface area contributed by atoms with Crippen molar-refractivity contribution in [3.63, 3.8) is 0 Å². The van der Waals surface area contributed by atoms with E-state index in [-0.39, 0.29) is 24.9 Å². The summed E-state index contributed by atoms with van der Waals surface area (Å²) in [5.41, 5.74) is -0.303. The normalized spacial score (nSPS) is 26.2. The van der Waals surface area contributed by atoms with Crippen LogP contribution in [0.15, 0.2) is 24.3 Å². The van der Waals surface area contributed by atoms with Crippen molar-refractivity contribution in [2.24, 2.45) is 0 Å². The Morgan fingerprint density at radius 3 is 2.16 bits per heavy atom. The fourth-order valence-corrected chi connectivity index (χ4v) is 3.58. The lowest BCUT2D eigenvalue weighted by Crippen LogP contribution is -2.49. The zero-order valence-electron chi connectivity index (χ0n) is 14.1. The molecule has 0 bridgehead atoms. The molecule has 3 N–H and O–H groups in total. The average molecular weight is 346 g/mol. The van der Waals surface area contributed by atoms with E-state index in [1.807, 2.05) is 19.1 Å². The Morgan fingerprint density at radius 1 is 1.08 bits per heavy atom. The number of nitrogens with one attached hydrogen (secondary N) is 1. The lowest BCUT2D eigenvalue weighted by Gasteiger charge is -2.38. The topological polar surface area (TPSA) is 107 Å². The second-order valence-corrected chi connectivity index (χ2v) is 7.09. The molecule has 25 heavy (non-hydrogen) atoms. The number of benzene rings is 1. The van der Waals surface area contributed by atoms with Crippen molar-refractivity contribution in [2.45, 2.75) is 43.6 Å². The number of carbonyl (C=O) groups is 3. The Kier molecular flexibility index (Phi) is 4.28. The summed E-state index contributed by atoms with van der Waals surface area (Å²) in [5.74, 6) is -0.552. The van der Waals surface area contributed by atoms with Crippen molar-refractivity contribution in [2.75, 3.05) is 13.1 Å². The Labute approximate surface area is 145 Å². The van der Waals surface area contributed by atoms with Crippen LogP contribution in [0, 0.1) is 0 Å². The van der Waals surface area contributed by atoms with Crippen LogP contribution in [-0.2, 0) is 20.6 Å². The summed E-state index contributed by atoms with van der Waals surface area (Å²) >= 11 is 0. The quantitative estimate of drug-likeness (QED) is 0.701. The monoisotopic (exact) mass is 346 g/mol. The van der Waals surface area contributed by atoms with Crippen molar-refractivity contribution >= 4 is 17.9 Å². The van der Waals surface area contributed by atoms with Gasteiger partial charge in [0.15, 0.2) is 0 Å². The molecule has 134 valence electrons. The Bertz CT molecular complexity index is 707. The van der Waals surface area contributed by atoms with Crippen LogP contribution in [0.5, 0.6) is 0 Å². The van der Waals surface area contributed by atoms with Gasteiger partial charge < -0.3 is 15.1 Å². The van der Waals surface area contributed by atoms with Gasteiger partial charge in [0.05, 0.1) is 11.0 Å². The van der Waals surface area contributed by atoms with Crippen molar-refractivity contribution < 1.29 is 24.6 Å². The van der Waals surface area contributed by atoms with Crippen molar-refractivity contribution in [1.29, 1.82) is 0 Å². The molecule has 3 amide bonds. The lowest BCUT2D eigenvalue weighted by atomic mass is 9.74. The number of carboxylic acid groups (broad SMARTS) is 1. The number of imide groups is 1. The van der Waals surface area contributed by atoms with E-state index in [1.54, 1.807) is 12.1 Å². The number of piperidine rings is 2. The first-order valence-corrected chi connectivity index (χ1v) is 8.40. The van der Waals surface area contributed by atoms with Gasteiger partial charge in [-0.3, -0.25) is 14.9 Å². The second kappa shape index (κ2) is 6.15. The standard InChI is InChI=1S/C18H22N2O5/c1-17(7-6-14(21)19-15(17)22)12-2-4-13(5-3-12)18(25)8-10-20(11-9-18)16(23)24/h2-5,25H,6-11H2,1H3,(H,23,24)(H,19,21,22). The third kappa shape index (κ3) is 3.11. The minimum atomic E-state index is -1.06. The zero-order valence-corrected chi connectivity index (χ0v) is 14.1. The largest absolute Gasteiger partial charge is 0.465 e. The molecule has 0 radical (unpaired) electrons. The predicted octanol–water partition coefficient (Wildman–Crippen LogP) is 1.34. The van der Waals surface area contributed by atoms with E-state index in [0.717, 1.165) is 11.1 Å². The number of amides is 3. The maximum atomic E-state index is 12.2. The van der Waals surface area contributed by atoms with Gasteiger partial charge in [0.2, 0.25) is 11.8 Å². The van der Waals surface area contributed by atoms with E-state index in [0.29, 0.717) is 25.7 Å². The van der Waals surface area contributed by atoms with Gasteiger partial charge >= 0.3 is 6.09 Å². The maximum Gasteiger partial charge on any atom is 0.407 e. The molecule has 1 aromatic carbocycles. The van der Waals surface area contributed by atoms with Gasteiger partial charge in [0, 0.05) is 19.5 Å². The van der Waals surface area contributed by atoms with E-state index >= 15 is 0 Å². The minimum absolute atomic E-state index is 0.251. The molecule has 2 fully saturated rings. The number of rotatable bonds is 2. The highest BCUT2D eigenvalue weighted by molar-refractivity contribution is 6.03. The highest BCUT2D eigenvalue weighted by atomic mass is 16.4. The molecular formula is C18H22N2O5. The lowest BCUT2D eigenvalue weighted by molar-refractivity contribution is -0.137. The molecule has 7 nitrogen and oxygen atoms in total. The molecule has 3 rings (SSSR count). The van der Waals surface area contributed by atoms with Crippen molar-refractivity contribution in [3.05, 3.63) is 35.4 Å². The smallest absolute Gasteiger partial charge is 0.407 e. The summed E-state index contributed by atoms with van der Waals surface area (Å²) in [6, 6.07) is 7.21. The molecule has 2 aliphatic heterocycles. The number of carbonyl (C=O) groups excluding carboxylic acids is 2. The van der Waals surface area contributed by atoms with Gasteiger partial charge in [-0.15, -0.1) is 0 Å². The van der Waals surface area contributed by atoms with Crippen molar-refractivity contribution in [3.8, 4) is 0 Å². The fraction of sp³-hybridized carbons (Fsp3) is 0.500. The molecule has 0 saturated carbocycles. The highest BCUT2D eigenvalue weighted by Gasteiger charge is 2.41. The van der Waals surface area contributed by atoms with E-state index in [9.17, 15) is 19.5 Å². The van der Waals surface area contributed by atoms with Crippen LogP contribution < -0.4 is 5.32 Å². The molecule has 7 heteroatoms. The molecule has 0 aliphatic carbocycles. The molecule has 0 aromatic heterocycles. The molecule has 1 unspecified atom stereocenters. The first-order valence-electron chi connectivity index (χ1n) is 8.40. The van der Waals surface area contributed by atoms with Crippen LogP contribution in [0.2, 0.25) is 0 Å². The molecule has 1 aromatic rings. The zero-order chi connectivity index (χ0) is 18.2. The van der Waals surface area contributed by atoms with Crippen LogP contribution in [0.25, 0.3) is 0 Å². The van der Waals surface area contributed by atoms with Gasteiger partial charge in [0.1, 0.15) is 0 Å². The third-order valence-electron chi connectivity index (χ3n) is 5.53. The third-order valence-corrected chi connectivity index (χ3v) is 5.53. The Hall–Kier alpha value is -2.41. The number of hydrogen-bond acceptors (Lipinski definition) is 4. The van der Waals surface area contributed by atoms with Crippen LogP contribution in [0.3, 0.4) is 0 Å². The van der Waals surface area contributed by atoms with Gasteiger partial charge in [-0.1, -0.05) is 24.3 Å². The molecule has 2 heterocycles. The first-order chi connectivity index (χ1) is 11.7. The van der Waals surface area contributed by atoms with Gasteiger partial charge in [-0.2, -0.15) is 0 Å². The number of nitrogens with zero attached hydrogens (tertiary/aromatic N) is 1. The molecule has 2 saturated heterocycles. The summed E-state index contributed by atoms with van der Waals surface area (Å²) in [7, 11) is 0. The molecule has 2 aliphatic rings. The summed E-state index contributed by atoms with van der Waals surface area (Å²) < 4.78 is 0. The SMILES string of the molecule is CC1(c2ccc(C3(O)CCN(C(=O)O)CC3)cc2)CCC(=O)NC1=O. The van der Waals surface area contributed by atoms with E-state index < -0.39 is 17.1 Å². The average Bonchev–Trinajstić information content (AvgIpc) is 2.59. The predicted molar refractivity (Wildman–Crippen MR) is 88.9 cm³/mol. The van der Waals surface area contributed by atoms with Gasteiger partial charge in [0.25, 0.3) is 0 Å². The Morgan fingerprint density at radius 2 is 1.64 bits per heavy atom. The van der Waals surface area contributed by atoms with Crippen LogP contribution in [0.4, 0.5) is 4.79 Å². The van der Waals surface area contributed by atoms with Gasteiger partial charge in [-0.25, -0.2) is 4.79 Å². The maximum absolute atomic E-state index is 12.2. The van der Waals surface area contributed by atoms with E-state index in [2.05, 4.69) is 5.32 Å².